The molecule has 2 rings (SSSR count). The van der Waals surface area contributed by atoms with E-state index in [4.69, 9.17) is 0 Å². The van der Waals surface area contributed by atoms with Crippen molar-refractivity contribution in [1.29, 1.82) is 0 Å². The predicted octanol–water partition coefficient (Wildman–Crippen LogP) is 3.71. The van der Waals surface area contributed by atoms with Crippen molar-refractivity contribution in [1.82, 2.24) is 5.32 Å². The Morgan fingerprint density at radius 2 is 2.13 bits per heavy atom. The van der Waals surface area contributed by atoms with Gasteiger partial charge in [0.25, 0.3) is 0 Å². The summed E-state index contributed by atoms with van der Waals surface area (Å²) in [5.41, 5.74) is 2.04. The molecular formula is C14H25N. The summed E-state index contributed by atoms with van der Waals surface area (Å²) in [6.07, 6.45) is 7.87. The van der Waals surface area contributed by atoms with Crippen LogP contribution in [0, 0.1) is 17.3 Å². The lowest BCUT2D eigenvalue weighted by molar-refractivity contribution is 0.258. The molecule has 1 fully saturated rings. The summed E-state index contributed by atoms with van der Waals surface area (Å²) in [7, 11) is 0. The molecule has 1 N–H and O–H groups in total. The fourth-order valence-electron chi connectivity index (χ4n) is 3.09. The lowest BCUT2D eigenvalue weighted by Crippen LogP contribution is -2.29. The summed E-state index contributed by atoms with van der Waals surface area (Å²) in [5.74, 6) is 1.73. The average Bonchev–Trinajstić information content (AvgIpc) is 2.39. The molecule has 86 valence electrons. The number of fused-ring (bicyclic) bond motifs is 1. The molecule has 0 aromatic carbocycles. The molecule has 0 spiro atoms. The highest BCUT2D eigenvalue weighted by atomic mass is 15.0. The summed E-state index contributed by atoms with van der Waals surface area (Å²) in [5, 5.41) is 3.67. The zero-order chi connectivity index (χ0) is 11.1. The molecule has 1 saturated heterocycles. The monoisotopic (exact) mass is 207 g/mol. The maximum absolute atomic E-state index is 3.67. The van der Waals surface area contributed by atoms with Crippen molar-refractivity contribution in [2.75, 3.05) is 0 Å². The average molecular weight is 207 g/mol. The molecule has 15 heavy (non-hydrogen) atoms. The van der Waals surface area contributed by atoms with Crippen molar-refractivity contribution >= 4 is 0 Å². The Bertz CT molecular complexity index is 259. The Kier molecular flexibility index (Phi) is 2.83. The highest BCUT2D eigenvalue weighted by Gasteiger charge is 2.41. The van der Waals surface area contributed by atoms with Gasteiger partial charge in [-0.15, -0.1) is 0 Å². The maximum Gasteiger partial charge on any atom is 0.0264 e. The number of rotatable bonds is 3. The van der Waals surface area contributed by atoms with Gasteiger partial charge in [-0.1, -0.05) is 40.2 Å². The third-order valence-electron chi connectivity index (χ3n) is 3.70. The smallest absolute Gasteiger partial charge is 0.0264 e. The van der Waals surface area contributed by atoms with Crippen LogP contribution in [-0.2, 0) is 0 Å². The Morgan fingerprint density at radius 3 is 2.73 bits per heavy atom. The minimum atomic E-state index is 0.482. The summed E-state index contributed by atoms with van der Waals surface area (Å²) in [6.45, 7) is 9.34. The molecule has 3 unspecified atom stereocenters. The van der Waals surface area contributed by atoms with Crippen LogP contribution in [0.2, 0.25) is 0 Å². The van der Waals surface area contributed by atoms with Gasteiger partial charge in [0, 0.05) is 17.7 Å². The zero-order valence-electron chi connectivity index (χ0n) is 10.6. The van der Waals surface area contributed by atoms with E-state index in [1.807, 2.05) is 0 Å². The maximum atomic E-state index is 3.67. The molecule has 0 radical (unpaired) electrons. The van der Waals surface area contributed by atoms with Crippen molar-refractivity contribution in [3.05, 3.63) is 11.8 Å². The standard InChI is InChI=1S/C14H25N/c1-5-6-11-8-12-10(7-13(12)15-11)9-14(2,3)4/h7,10-12,15H,5-6,8-9H2,1-4H3. The zero-order valence-corrected chi connectivity index (χ0v) is 10.6. The van der Waals surface area contributed by atoms with Crippen LogP contribution < -0.4 is 5.32 Å². The number of nitrogens with one attached hydrogen (secondary N) is 1. The van der Waals surface area contributed by atoms with E-state index in [2.05, 4.69) is 39.1 Å². The molecule has 0 aromatic rings. The molecule has 0 saturated carbocycles. The third kappa shape index (κ3) is 2.38. The molecular weight excluding hydrogens is 182 g/mol. The quantitative estimate of drug-likeness (QED) is 0.744. The van der Waals surface area contributed by atoms with Crippen molar-refractivity contribution < 1.29 is 0 Å². The van der Waals surface area contributed by atoms with Gasteiger partial charge in [-0.05, 0) is 30.6 Å². The van der Waals surface area contributed by atoms with E-state index in [9.17, 15) is 0 Å². The second-order valence-electron chi connectivity index (χ2n) is 6.52. The first-order valence-corrected chi connectivity index (χ1v) is 6.48. The van der Waals surface area contributed by atoms with Crippen LogP contribution in [0.4, 0.5) is 0 Å². The summed E-state index contributed by atoms with van der Waals surface area (Å²) >= 11 is 0. The van der Waals surface area contributed by atoms with Crippen molar-refractivity contribution in [3.63, 3.8) is 0 Å². The second kappa shape index (κ2) is 3.84. The first kappa shape index (κ1) is 11.0. The van der Waals surface area contributed by atoms with Crippen LogP contribution in [0.15, 0.2) is 11.8 Å². The van der Waals surface area contributed by atoms with Crippen LogP contribution in [0.1, 0.15) is 53.4 Å². The van der Waals surface area contributed by atoms with Crippen LogP contribution in [0.25, 0.3) is 0 Å². The van der Waals surface area contributed by atoms with Crippen LogP contribution >= 0.6 is 0 Å². The van der Waals surface area contributed by atoms with Gasteiger partial charge >= 0.3 is 0 Å². The highest BCUT2D eigenvalue weighted by Crippen LogP contribution is 2.46. The van der Waals surface area contributed by atoms with Crippen molar-refractivity contribution in [3.8, 4) is 0 Å². The number of hydrogen-bond donors (Lipinski definition) is 1. The topological polar surface area (TPSA) is 12.0 Å². The molecule has 2 aliphatic rings. The normalized spacial score (nSPS) is 34.1. The summed E-state index contributed by atoms with van der Waals surface area (Å²) < 4.78 is 0. The van der Waals surface area contributed by atoms with Gasteiger partial charge in [0.2, 0.25) is 0 Å². The molecule has 0 amide bonds. The summed E-state index contributed by atoms with van der Waals surface area (Å²) in [6, 6.07) is 0.774. The number of allylic oxidation sites excluding steroid dienone is 2. The molecule has 1 nitrogen and oxygen atoms in total. The second-order valence-corrected chi connectivity index (χ2v) is 6.52. The van der Waals surface area contributed by atoms with E-state index in [1.54, 1.807) is 5.70 Å². The molecule has 0 aromatic heterocycles. The third-order valence-corrected chi connectivity index (χ3v) is 3.70. The van der Waals surface area contributed by atoms with Gasteiger partial charge in [-0.2, -0.15) is 0 Å². The van der Waals surface area contributed by atoms with E-state index < -0.39 is 0 Å². The molecule has 0 bridgehead atoms. The van der Waals surface area contributed by atoms with Crippen molar-refractivity contribution in [2.45, 2.75) is 59.4 Å². The van der Waals surface area contributed by atoms with E-state index in [0.29, 0.717) is 5.41 Å². The fraction of sp³-hybridized carbons (Fsp3) is 0.857. The lowest BCUT2D eigenvalue weighted by Gasteiger charge is -2.35. The van der Waals surface area contributed by atoms with Gasteiger partial charge in [0.15, 0.2) is 0 Å². The first-order valence-electron chi connectivity index (χ1n) is 6.48. The minimum absolute atomic E-state index is 0.482. The van der Waals surface area contributed by atoms with Crippen LogP contribution in [-0.4, -0.2) is 6.04 Å². The lowest BCUT2D eigenvalue weighted by atomic mass is 9.70. The SMILES string of the molecule is CCCC1CC2C(=CC2CC(C)(C)C)N1. The predicted molar refractivity (Wildman–Crippen MR) is 65.6 cm³/mol. The molecule has 1 heteroatoms. The van der Waals surface area contributed by atoms with Gasteiger partial charge in [-0.3, -0.25) is 0 Å². The molecule has 1 heterocycles. The van der Waals surface area contributed by atoms with Crippen LogP contribution in [0.3, 0.4) is 0 Å². The van der Waals surface area contributed by atoms with Gasteiger partial charge in [0.1, 0.15) is 0 Å². The Labute approximate surface area is 94.3 Å². The van der Waals surface area contributed by atoms with Gasteiger partial charge < -0.3 is 5.32 Å². The van der Waals surface area contributed by atoms with E-state index in [0.717, 1.165) is 17.9 Å². The largest absolute Gasteiger partial charge is 0.386 e. The summed E-state index contributed by atoms with van der Waals surface area (Å²) in [4.78, 5) is 0. The molecule has 3 atom stereocenters. The molecule has 1 aliphatic carbocycles. The number of hydrogen-bond acceptors (Lipinski definition) is 1. The Morgan fingerprint density at radius 1 is 1.40 bits per heavy atom. The van der Waals surface area contributed by atoms with E-state index in [-0.39, 0.29) is 0 Å². The van der Waals surface area contributed by atoms with Gasteiger partial charge in [-0.25, -0.2) is 0 Å². The Hall–Kier alpha value is -0.460. The van der Waals surface area contributed by atoms with Gasteiger partial charge in [0.05, 0.1) is 0 Å². The fourth-order valence-corrected chi connectivity index (χ4v) is 3.09. The van der Waals surface area contributed by atoms with E-state index >= 15 is 0 Å². The minimum Gasteiger partial charge on any atom is -0.386 e. The highest BCUT2D eigenvalue weighted by molar-refractivity contribution is 5.26. The van der Waals surface area contributed by atoms with Crippen molar-refractivity contribution in [2.24, 2.45) is 17.3 Å². The van der Waals surface area contributed by atoms with E-state index in [1.165, 1.54) is 25.7 Å². The van der Waals surface area contributed by atoms with Crippen LogP contribution in [0.5, 0.6) is 0 Å². The first-order chi connectivity index (χ1) is 6.99. The Balaban J connectivity index is 1.87. The molecule has 1 aliphatic heterocycles.